The molecule has 0 radical (unpaired) electrons. The monoisotopic (exact) mass is 281 g/mol. The molecule has 1 aliphatic rings. The zero-order valence-electron chi connectivity index (χ0n) is 13.0. The maximum Gasteiger partial charge on any atom is 0.0900 e. The van der Waals surface area contributed by atoms with Crippen LogP contribution in [0.25, 0.3) is 0 Å². The van der Waals surface area contributed by atoms with Crippen LogP contribution in [0.3, 0.4) is 0 Å². The summed E-state index contributed by atoms with van der Waals surface area (Å²) in [7, 11) is 0. The number of hydrogen-bond donors (Lipinski definition) is 1. The Morgan fingerprint density at radius 1 is 1.32 bits per heavy atom. The Balaban J connectivity index is 2.16. The zero-order valence-corrected chi connectivity index (χ0v) is 13.8. The minimum absolute atomic E-state index is 0.476. The molecule has 0 bridgehead atoms. The summed E-state index contributed by atoms with van der Waals surface area (Å²) in [5.41, 5.74) is 1.21. The fourth-order valence-electron chi connectivity index (χ4n) is 2.98. The van der Waals surface area contributed by atoms with Crippen LogP contribution in [0.5, 0.6) is 0 Å². The molecule has 1 N–H and O–H groups in total. The van der Waals surface area contributed by atoms with E-state index < -0.39 is 0 Å². The number of aryl methyl sites for hydroxylation is 2. The van der Waals surface area contributed by atoms with Gasteiger partial charge in [0, 0.05) is 36.1 Å². The van der Waals surface area contributed by atoms with Crippen molar-refractivity contribution in [1.29, 1.82) is 0 Å². The summed E-state index contributed by atoms with van der Waals surface area (Å²) in [6.07, 6.45) is 0. The average Bonchev–Trinajstić information content (AvgIpc) is 2.68. The normalized spacial score (nSPS) is 26.9. The lowest BCUT2D eigenvalue weighted by Gasteiger charge is -2.43. The lowest BCUT2D eigenvalue weighted by Crippen LogP contribution is -2.57. The largest absolute Gasteiger partial charge is 0.311 e. The Labute approximate surface area is 121 Å². The molecule has 3 atom stereocenters. The molecule has 108 valence electrons. The lowest BCUT2D eigenvalue weighted by atomic mass is 9.98. The molecule has 2 rings (SSSR count). The van der Waals surface area contributed by atoms with Gasteiger partial charge >= 0.3 is 0 Å². The van der Waals surface area contributed by atoms with Crippen LogP contribution in [0, 0.1) is 19.8 Å². The molecule has 0 aromatic carbocycles. The van der Waals surface area contributed by atoms with E-state index in [9.17, 15) is 0 Å². The molecule has 2 heterocycles. The van der Waals surface area contributed by atoms with E-state index in [1.165, 1.54) is 15.6 Å². The van der Waals surface area contributed by atoms with Gasteiger partial charge in [0.25, 0.3) is 0 Å². The van der Waals surface area contributed by atoms with Crippen molar-refractivity contribution >= 4 is 11.3 Å². The van der Waals surface area contributed by atoms with Crippen molar-refractivity contribution in [2.75, 3.05) is 13.1 Å². The van der Waals surface area contributed by atoms with Crippen LogP contribution in [0.15, 0.2) is 0 Å². The molecular weight excluding hydrogens is 254 g/mol. The van der Waals surface area contributed by atoms with Crippen molar-refractivity contribution in [3.63, 3.8) is 0 Å². The van der Waals surface area contributed by atoms with E-state index in [1.54, 1.807) is 0 Å². The van der Waals surface area contributed by atoms with Crippen LogP contribution in [-0.2, 0) is 0 Å². The first-order chi connectivity index (χ1) is 8.90. The number of rotatable bonds is 3. The van der Waals surface area contributed by atoms with Crippen molar-refractivity contribution in [1.82, 2.24) is 15.2 Å². The van der Waals surface area contributed by atoms with Gasteiger partial charge in [-0.1, -0.05) is 13.8 Å². The minimum atomic E-state index is 0.476. The van der Waals surface area contributed by atoms with Gasteiger partial charge in [0.15, 0.2) is 0 Å². The van der Waals surface area contributed by atoms with Crippen molar-refractivity contribution in [3.8, 4) is 0 Å². The maximum absolute atomic E-state index is 4.58. The summed E-state index contributed by atoms with van der Waals surface area (Å²) in [6, 6.07) is 1.67. The van der Waals surface area contributed by atoms with Gasteiger partial charge in [-0.3, -0.25) is 4.90 Å². The standard InChI is InChI=1S/C15H27N3S/c1-9(2)14-8-18(10(3)7-16-14)12(5)15-11(4)17-13(6)19-15/h9-10,12,14,16H,7-8H2,1-6H3. The third-order valence-corrected chi connectivity index (χ3v) is 5.51. The van der Waals surface area contributed by atoms with Crippen LogP contribution in [0.1, 0.15) is 49.3 Å². The lowest BCUT2D eigenvalue weighted by molar-refractivity contribution is 0.0863. The van der Waals surface area contributed by atoms with Gasteiger partial charge in [-0.25, -0.2) is 4.98 Å². The molecule has 4 heteroatoms. The van der Waals surface area contributed by atoms with Crippen LogP contribution < -0.4 is 5.32 Å². The van der Waals surface area contributed by atoms with Crippen molar-refractivity contribution in [2.45, 2.75) is 59.7 Å². The molecule has 1 aromatic rings. The predicted octanol–water partition coefficient (Wildman–Crippen LogP) is 3.14. The van der Waals surface area contributed by atoms with Crippen LogP contribution in [0.2, 0.25) is 0 Å². The summed E-state index contributed by atoms with van der Waals surface area (Å²) in [5.74, 6) is 0.687. The molecule has 0 spiro atoms. The van der Waals surface area contributed by atoms with Crippen molar-refractivity contribution in [3.05, 3.63) is 15.6 Å². The van der Waals surface area contributed by atoms with E-state index >= 15 is 0 Å². The smallest absolute Gasteiger partial charge is 0.0900 e. The third kappa shape index (κ3) is 3.18. The summed E-state index contributed by atoms with van der Waals surface area (Å²) >= 11 is 1.85. The van der Waals surface area contributed by atoms with Gasteiger partial charge in [-0.05, 0) is 33.6 Å². The van der Waals surface area contributed by atoms with Gasteiger partial charge in [0.2, 0.25) is 0 Å². The quantitative estimate of drug-likeness (QED) is 0.922. The number of aromatic nitrogens is 1. The van der Waals surface area contributed by atoms with E-state index in [4.69, 9.17) is 0 Å². The Hall–Kier alpha value is -0.450. The summed E-state index contributed by atoms with van der Waals surface area (Å²) in [4.78, 5) is 8.66. The molecule has 0 saturated carbocycles. The molecule has 3 unspecified atom stereocenters. The van der Waals surface area contributed by atoms with Gasteiger partial charge in [-0.2, -0.15) is 0 Å². The predicted molar refractivity (Wildman–Crippen MR) is 82.8 cm³/mol. The summed E-state index contributed by atoms with van der Waals surface area (Å²) in [5, 5.41) is 4.85. The zero-order chi connectivity index (χ0) is 14.2. The second-order valence-corrected chi connectivity index (χ2v) is 7.40. The van der Waals surface area contributed by atoms with Gasteiger partial charge in [-0.15, -0.1) is 11.3 Å². The molecule has 3 nitrogen and oxygen atoms in total. The second kappa shape index (κ2) is 5.90. The highest BCUT2D eigenvalue weighted by molar-refractivity contribution is 7.11. The first-order valence-electron chi connectivity index (χ1n) is 7.33. The Morgan fingerprint density at radius 3 is 2.53 bits per heavy atom. The fourth-order valence-corrected chi connectivity index (χ4v) is 3.98. The Morgan fingerprint density at radius 2 is 2.00 bits per heavy atom. The molecule has 0 aliphatic carbocycles. The molecular formula is C15H27N3S. The molecule has 1 aromatic heterocycles. The van der Waals surface area contributed by atoms with Crippen LogP contribution >= 0.6 is 11.3 Å². The van der Waals surface area contributed by atoms with Crippen molar-refractivity contribution in [2.24, 2.45) is 5.92 Å². The molecule has 0 amide bonds. The summed E-state index contributed by atoms with van der Waals surface area (Å²) in [6.45, 7) is 15.7. The van der Waals surface area contributed by atoms with E-state index in [-0.39, 0.29) is 0 Å². The molecule has 19 heavy (non-hydrogen) atoms. The fraction of sp³-hybridized carbons (Fsp3) is 0.800. The highest BCUT2D eigenvalue weighted by atomic mass is 32.1. The first kappa shape index (κ1) is 14.9. The third-order valence-electron chi connectivity index (χ3n) is 4.27. The van der Waals surface area contributed by atoms with Gasteiger partial charge in [0.05, 0.1) is 10.7 Å². The van der Waals surface area contributed by atoms with E-state index in [0.717, 1.165) is 13.1 Å². The molecule has 1 fully saturated rings. The van der Waals surface area contributed by atoms with E-state index in [2.05, 4.69) is 56.7 Å². The SMILES string of the molecule is Cc1nc(C)c(C(C)N2CC(C(C)C)NCC2C)s1. The number of nitrogens with zero attached hydrogens (tertiary/aromatic N) is 2. The Bertz CT molecular complexity index is 427. The average molecular weight is 281 g/mol. The second-order valence-electron chi connectivity index (χ2n) is 6.16. The Kier molecular flexibility index (Phi) is 4.64. The maximum atomic E-state index is 4.58. The number of nitrogens with one attached hydrogen (secondary N) is 1. The van der Waals surface area contributed by atoms with Crippen LogP contribution in [0.4, 0.5) is 0 Å². The highest BCUT2D eigenvalue weighted by Gasteiger charge is 2.31. The number of hydrogen-bond acceptors (Lipinski definition) is 4. The van der Waals surface area contributed by atoms with Gasteiger partial charge in [0.1, 0.15) is 0 Å². The minimum Gasteiger partial charge on any atom is -0.311 e. The topological polar surface area (TPSA) is 28.2 Å². The molecule has 1 aliphatic heterocycles. The number of piperazine rings is 1. The first-order valence-corrected chi connectivity index (χ1v) is 8.14. The van der Waals surface area contributed by atoms with Crippen molar-refractivity contribution < 1.29 is 0 Å². The molecule has 1 saturated heterocycles. The highest BCUT2D eigenvalue weighted by Crippen LogP contribution is 2.31. The number of thiazole rings is 1. The van der Waals surface area contributed by atoms with E-state index in [1.807, 2.05) is 11.3 Å². The van der Waals surface area contributed by atoms with E-state index in [0.29, 0.717) is 24.0 Å². The van der Waals surface area contributed by atoms with Crippen LogP contribution in [-0.4, -0.2) is 35.1 Å². The van der Waals surface area contributed by atoms with Gasteiger partial charge < -0.3 is 5.32 Å². The summed E-state index contributed by atoms with van der Waals surface area (Å²) < 4.78 is 0.